The van der Waals surface area contributed by atoms with Crippen LogP contribution in [0, 0.1) is 23.2 Å². The molecule has 0 amide bonds. The molecule has 2 heterocycles. The summed E-state index contributed by atoms with van der Waals surface area (Å²) < 4.78 is 11.7. The zero-order valence-corrected chi connectivity index (χ0v) is 14.3. The molecule has 0 N–H and O–H groups in total. The number of allylic oxidation sites excluding steroid dienone is 1. The number of pyridine rings is 1. The van der Waals surface area contributed by atoms with E-state index in [-0.39, 0.29) is 17.5 Å². The summed E-state index contributed by atoms with van der Waals surface area (Å²) in [5.41, 5.74) is 2.33. The lowest BCUT2D eigenvalue weighted by atomic mass is 9.56. The highest BCUT2D eigenvalue weighted by Crippen LogP contribution is 2.56. The van der Waals surface area contributed by atoms with E-state index in [1.165, 1.54) is 12.5 Å². The fourth-order valence-corrected chi connectivity index (χ4v) is 4.34. The summed E-state index contributed by atoms with van der Waals surface area (Å²) in [6.45, 7) is 9.15. The van der Waals surface area contributed by atoms with Gasteiger partial charge in [0.25, 0.3) is 0 Å². The molecule has 1 aromatic rings. The van der Waals surface area contributed by atoms with Gasteiger partial charge >= 0.3 is 5.97 Å². The van der Waals surface area contributed by atoms with Crippen LogP contribution in [0.1, 0.15) is 39.4 Å². The zero-order valence-electron chi connectivity index (χ0n) is 14.3. The quantitative estimate of drug-likeness (QED) is 0.632. The summed E-state index contributed by atoms with van der Waals surface area (Å²) in [5, 5.41) is 0. The van der Waals surface area contributed by atoms with Crippen LogP contribution in [0.4, 0.5) is 0 Å². The van der Waals surface area contributed by atoms with E-state index in [9.17, 15) is 4.79 Å². The lowest BCUT2D eigenvalue weighted by molar-refractivity contribution is -0.180. The maximum Gasteiger partial charge on any atom is 0.302 e. The number of fused-ring (bicyclic) bond motifs is 2. The smallest absolute Gasteiger partial charge is 0.302 e. The lowest BCUT2D eigenvalue weighted by Crippen LogP contribution is -2.54. The number of aromatic nitrogens is 1. The summed E-state index contributed by atoms with van der Waals surface area (Å²) in [5.74, 6) is 0.763. The molecule has 4 heteroatoms. The van der Waals surface area contributed by atoms with E-state index >= 15 is 0 Å². The molecule has 0 spiro atoms. The van der Waals surface area contributed by atoms with Crippen molar-refractivity contribution in [3.63, 3.8) is 0 Å². The molecule has 5 atom stereocenters. The van der Waals surface area contributed by atoms with Crippen LogP contribution in [-0.2, 0) is 14.3 Å². The number of ether oxygens (including phenoxy) is 2. The predicted molar refractivity (Wildman–Crippen MR) is 87.6 cm³/mol. The fraction of sp³-hybridized carbons (Fsp3) is 0.579. The van der Waals surface area contributed by atoms with Gasteiger partial charge in [-0.2, -0.15) is 0 Å². The Morgan fingerprint density at radius 2 is 2.26 bits per heavy atom. The molecule has 1 fully saturated rings. The van der Waals surface area contributed by atoms with Gasteiger partial charge in [0, 0.05) is 30.7 Å². The maximum atomic E-state index is 11.3. The second-order valence-electron chi connectivity index (χ2n) is 7.05. The van der Waals surface area contributed by atoms with E-state index in [1.807, 2.05) is 12.3 Å². The minimum Gasteiger partial charge on any atom is -0.465 e. The minimum atomic E-state index is -0.226. The third-order valence-corrected chi connectivity index (χ3v) is 5.81. The van der Waals surface area contributed by atoms with Crippen LogP contribution in [0.5, 0.6) is 0 Å². The largest absolute Gasteiger partial charge is 0.465 e. The van der Waals surface area contributed by atoms with Crippen molar-refractivity contribution < 1.29 is 14.3 Å². The van der Waals surface area contributed by atoms with Crippen LogP contribution in [0.3, 0.4) is 0 Å². The number of rotatable bonds is 3. The minimum absolute atomic E-state index is 0.0212. The SMILES string of the molecule is CC(=O)OC[C@]12COC(c3cccnc3)C(C(C)=CC1C)[C@@H]2C. The van der Waals surface area contributed by atoms with E-state index < -0.39 is 0 Å². The summed E-state index contributed by atoms with van der Waals surface area (Å²) in [7, 11) is 0. The first-order chi connectivity index (χ1) is 11.0. The molecule has 2 aliphatic rings. The molecule has 4 nitrogen and oxygen atoms in total. The molecular weight excluding hydrogens is 290 g/mol. The van der Waals surface area contributed by atoms with E-state index in [0.29, 0.717) is 31.0 Å². The Morgan fingerprint density at radius 3 is 2.91 bits per heavy atom. The topological polar surface area (TPSA) is 48.4 Å². The van der Waals surface area contributed by atoms with Crippen LogP contribution >= 0.6 is 0 Å². The normalized spacial score (nSPS) is 36.3. The summed E-state index contributed by atoms with van der Waals surface area (Å²) in [6.07, 6.45) is 6.03. The van der Waals surface area contributed by atoms with Crippen molar-refractivity contribution in [3.05, 3.63) is 41.7 Å². The highest BCUT2D eigenvalue weighted by molar-refractivity contribution is 5.66. The highest BCUT2D eigenvalue weighted by Gasteiger charge is 2.54. The van der Waals surface area contributed by atoms with Gasteiger partial charge in [-0.1, -0.05) is 31.6 Å². The molecule has 3 rings (SSSR count). The molecule has 0 saturated carbocycles. The van der Waals surface area contributed by atoms with Gasteiger partial charge < -0.3 is 9.47 Å². The van der Waals surface area contributed by atoms with Crippen molar-refractivity contribution in [1.82, 2.24) is 4.98 Å². The Morgan fingerprint density at radius 1 is 1.48 bits per heavy atom. The number of esters is 1. The Hall–Kier alpha value is -1.68. The Kier molecular flexibility index (Phi) is 4.28. The Bertz CT molecular complexity index is 612. The number of carbonyl (C=O) groups is 1. The van der Waals surface area contributed by atoms with Crippen LogP contribution in [0.15, 0.2) is 36.2 Å². The second kappa shape index (κ2) is 6.08. The standard InChI is InChI=1S/C19H25NO3/c1-12-8-13(2)19(10-22-15(4)21)11-23-18(17(12)14(19)3)16-6-5-7-20-9-16/h5-9,13-14,17-18H,10-11H2,1-4H3/t13?,14-,17?,18?,19-/m0/s1. The molecular formula is C19H25NO3. The molecule has 1 aliphatic carbocycles. The first kappa shape index (κ1) is 16.2. The Labute approximate surface area is 137 Å². The van der Waals surface area contributed by atoms with E-state index in [1.54, 1.807) is 6.20 Å². The molecule has 124 valence electrons. The van der Waals surface area contributed by atoms with Gasteiger partial charge in [0.05, 0.1) is 19.3 Å². The number of hydrogen-bond donors (Lipinski definition) is 0. The van der Waals surface area contributed by atoms with Crippen LogP contribution in [-0.4, -0.2) is 24.2 Å². The molecule has 0 aromatic carbocycles. The molecule has 3 unspecified atom stereocenters. The molecule has 0 radical (unpaired) electrons. The highest BCUT2D eigenvalue weighted by atomic mass is 16.5. The van der Waals surface area contributed by atoms with Crippen molar-refractivity contribution in [2.45, 2.75) is 33.8 Å². The van der Waals surface area contributed by atoms with E-state index in [4.69, 9.17) is 9.47 Å². The fourth-order valence-electron chi connectivity index (χ4n) is 4.34. The number of hydrogen-bond acceptors (Lipinski definition) is 4. The second-order valence-corrected chi connectivity index (χ2v) is 7.05. The van der Waals surface area contributed by atoms with Gasteiger partial charge in [-0.25, -0.2) is 0 Å². The molecule has 23 heavy (non-hydrogen) atoms. The van der Waals surface area contributed by atoms with Crippen molar-refractivity contribution in [2.75, 3.05) is 13.2 Å². The van der Waals surface area contributed by atoms with E-state index in [2.05, 4.69) is 37.9 Å². The lowest BCUT2D eigenvalue weighted by Gasteiger charge is -2.55. The number of nitrogens with zero attached hydrogens (tertiary/aromatic N) is 1. The summed E-state index contributed by atoms with van der Waals surface area (Å²) in [4.78, 5) is 15.6. The van der Waals surface area contributed by atoms with Gasteiger partial charge in [-0.15, -0.1) is 0 Å². The first-order valence-electron chi connectivity index (χ1n) is 8.29. The third kappa shape index (κ3) is 2.69. The average molecular weight is 315 g/mol. The summed E-state index contributed by atoms with van der Waals surface area (Å²) >= 11 is 0. The first-order valence-corrected chi connectivity index (χ1v) is 8.29. The van der Waals surface area contributed by atoms with Crippen molar-refractivity contribution in [2.24, 2.45) is 23.2 Å². The average Bonchev–Trinajstić information content (AvgIpc) is 2.52. The van der Waals surface area contributed by atoms with Gasteiger partial charge in [0.1, 0.15) is 0 Å². The van der Waals surface area contributed by atoms with Crippen LogP contribution in [0.25, 0.3) is 0 Å². The molecule has 1 saturated heterocycles. The van der Waals surface area contributed by atoms with Gasteiger partial charge in [0.15, 0.2) is 0 Å². The molecule has 2 bridgehead atoms. The third-order valence-electron chi connectivity index (χ3n) is 5.81. The zero-order chi connectivity index (χ0) is 16.6. The summed E-state index contributed by atoms with van der Waals surface area (Å²) in [6, 6.07) is 4.03. The molecule has 1 aromatic heterocycles. The Balaban J connectivity index is 1.95. The van der Waals surface area contributed by atoms with Crippen LogP contribution in [0.2, 0.25) is 0 Å². The van der Waals surface area contributed by atoms with Gasteiger partial charge in [-0.3, -0.25) is 9.78 Å². The molecule has 1 aliphatic heterocycles. The number of carbonyl (C=O) groups excluding carboxylic acids is 1. The van der Waals surface area contributed by atoms with Crippen LogP contribution < -0.4 is 0 Å². The monoisotopic (exact) mass is 315 g/mol. The van der Waals surface area contributed by atoms with Crippen molar-refractivity contribution in [1.29, 1.82) is 0 Å². The van der Waals surface area contributed by atoms with Gasteiger partial charge in [0.2, 0.25) is 0 Å². The van der Waals surface area contributed by atoms with Crippen molar-refractivity contribution >= 4 is 5.97 Å². The van der Waals surface area contributed by atoms with Crippen molar-refractivity contribution in [3.8, 4) is 0 Å². The predicted octanol–water partition coefficient (Wildman–Crippen LogP) is 3.55. The maximum absolute atomic E-state index is 11.3. The van der Waals surface area contributed by atoms with Gasteiger partial charge in [-0.05, 0) is 30.4 Å². The van der Waals surface area contributed by atoms with E-state index in [0.717, 1.165) is 5.56 Å².